The van der Waals surface area contributed by atoms with E-state index < -0.39 is 18.5 Å². The fraction of sp³-hybridized carbons (Fsp3) is 0.300. The number of ether oxygens (including phenoxy) is 4. The first kappa shape index (κ1) is 21.6. The topological polar surface area (TPSA) is 83.1 Å². The van der Waals surface area contributed by atoms with Gasteiger partial charge >= 0.3 is 5.97 Å². The fourth-order valence-corrected chi connectivity index (χ4v) is 3.17. The van der Waals surface area contributed by atoms with Crippen molar-refractivity contribution in [2.45, 2.75) is 13.8 Å². The number of amides is 1. The summed E-state index contributed by atoms with van der Waals surface area (Å²) in [5, 5.41) is 2.74. The van der Waals surface area contributed by atoms with Gasteiger partial charge in [-0.1, -0.05) is 12.1 Å². The molecule has 0 aliphatic carbocycles. The maximum atomic E-state index is 12.5. The number of nitrogens with one attached hydrogen (secondary N) is 1. The van der Waals surface area contributed by atoms with Crippen molar-refractivity contribution in [3.8, 4) is 17.2 Å². The highest BCUT2D eigenvalue weighted by molar-refractivity contribution is 9.10. The van der Waals surface area contributed by atoms with Crippen LogP contribution in [0.1, 0.15) is 21.5 Å². The number of methoxy groups -OCH3 is 3. The van der Waals surface area contributed by atoms with Gasteiger partial charge < -0.3 is 24.3 Å². The van der Waals surface area contributed by atoms with Crippen LogP contribution in [0.25, 0.3) is 0 Å². The van der Waals surface area contributed by atoms with Crippen molar-refractivity contribution in [3.63, 3.8) is 0 Å². The van der Waals surface area contributed by atoms with Crippen molar-refractivity contribution in [1.82, 2.24) is 0 Å². The van der Waals surface area contributed by atoms with E-state index in [1.54, 1.807) is 6.07 Å². The molecular formula is C20H22BrNO6. The molecule has 0 aliphatic heterocycles. The Balaban J connectivity index is 2.14. The van der Waals surface area contributed by atoms with Crippen LogP contribution in [-0.4, -0.2) is 39.8 Å². The van der Waals surface area contributed by atoms with Gasteiger partial charge in [-0.25, -0.2) is 4.79 Å². The quantitative estimate of drug-likeness (QED) is 0.642. The molecule has 1 N–H and O–H groups in total. The Hall–Kier alpha value is -2.74. The molecule has 0 aromatic heterocycles. The Kier molecular flexibility index (Phi) is 7.28. The van der Waals surface area contributed by atoms with E-state index in [0.29, 0.717) is 21.7 Å². The van der Waals surface area contributed by atoms with Gasteiger partial charge in [0.1, 0.15) is 0 Å². The summed E-state index contributed by atoms with van der Waals surface area (Å²) in [6, 6.07) is 7.04. The highest BCUT2D eigenvalue weighted by Gasteiger charge is 2.24. The molecule has 0 bridgehead atoms. The Morgan fingerprint density at radius 2 is 1.71 bits per heavy atom. The van der Waals surface area contributed by atoms with Crippen LogP contribution in [0, 0.1) is 13.8 Å². The van der Waals surface area contributed by atoms with E-state index >= 15 is 0 Å². The summed E-state index contributed by atoms with van der Waals surface area (Å²) in [6.07, 6.45) is 0. The molecule has 0 aliphatic rings. The first-order valence-corrected chi connectivity index (χ1v) is 9.15. The summed E-state index contributed by atoms with van der Waals surface area (Å²) in [5.41, 5.74) is 2.83. The van der Waals surface area contributed by atoms with Crippen LogP contribution in [0.4, 0.5) is 5.69 Å². The third-order valence-corrected chi connectivity index (χ3v) is 4.99. The Morgan fingerprint density at radius 1 is 1.04 bits per heavy atom. The van der Waals surface area contributed by atoms with Crippen LogP contribution < -0.4 is 19.5 Å². The third-order valence-electron chi connectivity index (χ3n) is 4.20. The second-order valence-electron chi connectivity index (χ2n) is 5.88. The fourth-order valence-electron chi connectivity index (χ4n) is 2.55. The predicted octanol–water partition coefficient (Wildman–Crippen LogP) is 3.89. The standard InChI is InChI=1S/C20H22BrNO6/c1-11-7-6-8-14(12(11)2)22-16(23)10-28-20(24)13-9-15(25-3)18(26-4)19(27-5)17(13)21/h6-9H,10H2,1-5H3,(H,22,23). The molecule has 2 aromatic rings. The number of benzene rings is 2. The number of carbonyl (C=O) groups is 2. The van der Waals surface area contributed by atoms with Crippen LogP contribution >= 0.6 is 15.9 Å². The number of rotatable bonds is 7. The zero-order valence-corrected chi connectivity index (χ0v) is 17.9. The molecule has 7 nitrogen and oxygen atoms in total. The first-order chi connectivity index (χ1) is 13.3. The predicted molar refractivity (Wildman–Crippen MR) is 109 cm³/mol. The van der Waals surface area contributed by atoms with Crippen molar-refractivity contribution in [2.75, 3.05) is 33.3 Å². The molecule has 2 aromatic carbocycles. The van der Waals surface area contributed by atoms with Gasteiger partial charge in [-0.2, -0.15) is 0 Å². The molecule has 0 radical (unpaired) electrons. The Labute approximate surface area is 172 Å². The zero-order chi connectivity index (χ0) is 20.8. The van der Waals surface area contributed by atoms with Crippen LogP contribution in [0.3, 0.4) is 0 Å². The molecule has 0 fully saturated rings. The van der Waals surface area contributed by atoms with Crippen LogP contribution in [0.2, 0.25) is 0 Å². The smallest absolute Gasteiger partial charge is 0.340 e. The average Bonchev–Trinajstić information content (AvgIpc) is 2.69. The van der Waals surface area contributed by atoms with Crippen molar-refractivity contribution < 1.29 is 28.5 Å². The van der Waals surface area contributed by atoms with E-state index in [-0.39, 0.29) is 11.3 Å². The third kappa shape index (κ3) is 4.56. The minimum Gasteiger partial charge on any atom is -0.493 e. The van der Waals surface area contributed by atoms with Crippen molar-refractivity contribution >= 4 is 33.5 Å². The molecule has 0 saturated heterocycles. The summed E-state index contributed by atoms with van der Waals surface area (Å²) in [4.78, 5) is 24.7. The second-order valence-corrected chi connectivity index (χ2v) is 6.67. The Morgan fingerprint density at radius 3 is 2.32 bits per heavy atom. The SMILES string of the molecule is COc1cc(C(=O)OCC(=O)Nc2cccc(C)c2C)c(Br)c(OC)c1OC. The first-order valence-electron chi connectivity index (χ1n) is 8.35. The highest BCUT2D eigenvalue weighted by Crippen LogP contribution is 2.44. The lowest BCUT2D eigenvalue weighted by atomic mass is 10.1. The largest absolute Gasteiger partial charge is 0.493 e. The summed E-state index contributed by atoms with van der Waals surface area (Å²) in [6.45, 7) is 3.42. The molecule has 8 heteroatoms. The summed E-state index contributed by atoms with van der Waals surface area (Å²) < 4.78 is 21.3. The maximum Gasteiger partial charge on any atom is 0.340 e. The second kappa shape index (κ2) is 9.45. The van der Waals surface area contributed by atoms with Gasteiger partial charge in [-0.05, 0) is 53.0 Å². The summed E-state index contributed by atoms with van der Waals surface area (Å²) in [7, 11) is 4.34. The molecule has 2 rings (SSSR count). The van der Waals surface area contributed by atoms with E-state index in [2.05, 4.69) is 21.2 Å². The number of esters is 1. The highest BCUT2D eigenvalue weighted by atomic mass is 79.9. The van der Waals surface area contributed by atoms with Crippen molar-refractivity contribution in [2.24, 2.45) is 0 Å². The molecule has 0 atom stereocenters. The van der Waals surface area contributed by atoms with Gasteiger partial charge in [-0.3, -0.25) is 4.79 Å². The minimum atomic E-state index is -0.706. The number of carbonyl (C=O) groups excluding carboxylic acids is 2. The lowest BCUT2D eigenvalue weighted by Crippen LogP contribution is -2.21. The Bertz CT molecular complexity index is 897. The summed E-state index contributed by atoms with van der Waals surface area (Å²) in [5.74, 6) is -0.225. The van der Waals surface area contributed by atoms with Crippen molar-refractivity contribution in [3.05, 3.63) is 45.4 Å². The number of hydrogen-bond acceptors (Lipinski definition) is 6. The molecule has 0 heterocycles. The van der Waals surface area contributed by atoms with E-state index in [0.717, 1.165) is 11.1 Å². The molecule has 1 amide bonds. The van der Waals surface area contributed by atoms with Gasteiger partial charge in [0.15, 0.2) is 18.1 Å². The molecular weight excluding hydrogens is 430 g/mol. The van der Waals surface area contributed by atoms with Gasteiger partial charge in [0.25, 0.3) is 5.91 Å². The minimum absolute atomic E-state index is 0.147. The summed E-state index contributed by atoms with van der Waals surface area (Å²) >= 11 is 3.31. The lowest BCUT2D eigenvalue weighted by molar-refractivity contribution is -0.119. The van der Waals surface area contributed by atoms with E-state index in [4.69, 9.17) is 18.9 Å². The molecule has 0 saturated carbocycles. The van der Waals surface area contributed by atoms with Gasteiger partial charge in [0.05, 0.1) is 31.4 Å². The monoisotopic (exact) mass is 451 g/mol. The van der Waals surface area contributed by atoms with Crippen LogP contribution in [0.15, 0.2) is 28.7 Å². The molecule has 150 valence electrons. The van der Waals surface area contributed by atoms with Crippen LogP contribution in [-0.2, 0) is 9.53 Å². The van der Waals surface area contributed by atoms with Gasteiger partial charge in [0.2, 0.25) is 5.75 Å². The molecule has 28 heavy (non-hydrogen) atoms. The molecule has 0 unspecified atom stereocenters. The lowest BCUT2D eigenvalue weighted by Gasteiger charge is -2.16. The number of hydrogen-bond donors (Lipinski definition) is 1. The number of aryl methyl sites for hydroxylation is 1. The number of halogens is 1. The van der Waals surface area contributed by atoms with E-state index in [1.165, 1.54) is 27.4 Å². The average molecular weight is 452 g/mol. The van der Waals surface area contributed by atoms with Gasteiger partial charge in [-0.15, -0.1) is 0 Å². The molecule has 0 spiro atoms. The zero-order valence-electron chi connectivity index (χ0n) is 16.3. The van der Waals surface area contributed by atoms with E-state index in [1.807, 2.05) is 26.0 Å². The maximum absolute atomic E-state index is 12.5. The van der Waals surface area contributed by atoms with Crippen LogP contribution in [0.5, 0.6) is 17.2 Å². The number of anilines is 1. The van der Waals surface area contributed by atoms with Gasteiger partial charge in [0, 0.05) is 5.69 Å². The normalized spacial score (nSPS) is 10.2. The van der Waals surface area contributed by atoms with E-state index in [9.17, 15) is 9.59 Å². The van der Waals surface area contributed by atoms with Crippen molar-refractivity contribution in [1.29, 1.82) is 0 Å².